The number of halogens is 1. The lowest BCUT2D eigenvalue weighted by molar-refractivity contribution is 0.731. The van der Waals surface area contributed by atoms with E-state index in [2.05, 4.69) is 25.8 Å². The normalized spacial score (nSPS) is 11.5. The van der Waals surface area contributed by atoms with Gasteiger partial charge < -0.3 is 15.2 Å². The van der Waals surface area contributed by atoms with Crippen LogP contribution >= 0.6 is 23.4 Å². The predicted octanol–water partition coefficient (Wildman–Crippen LogP) is 1.93. The van der Waals surface area contributed by atoms with Crippen molar-refractivity contribution < 1.29 is 0 Å². The van der Waals surface area contributed by atoms with Gasteiger partial charge in [-0.1, -0.05) is 11.6 Å². The van der Waals surface area contributed by atoms with E-state index in [0.717, 1.165) is 29.1 Å². The highest BCUT2D eigenvalue weighted by atomic mass is 35.5. The molecule has 0 aliphatic carbocycles. The first-order chi connectivity index (χ1) is 10.7. The molecule has 0 bridgehead atoms. The minimum atomic E-state index is 0.584. The van der Waals surface area contributed by atoms with Gasteiger partial charge in [-0.15, -0.1) is 22.0 Å². The average molecular weight is 339 g/mol. The van der Waals surface area contributed by atoms with Gasteiger partial charge in [-0.3, -0.25) is 4.99 Å². The molecule has 2 aromatic rings. The third kappa shape index (κ3) is 5.23. The minimum Gasteiger partial charge on any atom is -0.356 e. The average Bonchev–Trinajstić information content (AvgIpc) is 2.93. The lowest BCUT2D eigenvalue weighted by atomic mass is 10.4. The summed E-state index contributed by atoms with van der Waals surface area (Å²) in [5, 5.41) is 15.1. The summed E-state index contributed by atoms with van der Waals surface area (Å²) < 4.78 is 1.87. The first kappa shape index (κ1) is 16.6. The molecular weight excluding hydrogens is 320 g/mol. The van der Waals surface area contributed by atoms with Gasteiger partial charge in [-0.05, 0) is 24.3 Å². The number of nitrogens with zero attached hydrogens (tertiary/aromatic N) is 4. The van der Waals surface area contributed by atoms with Crippen LogP contribution in [0.2, 0.25) is 5.02 Å². The number of aromatic nitrogens is 3. The first-order valence-corrected chi connectivity index (χ1v) is 8.21. The molecule has 0 saturated heterocycles. The fourth-order valence-electron chi connectivity index (χ4n) is 1.72. The second kappa shape index (κ2) is 8.65. The number of nitrogens with one attached hydrogen (secondary N) is 2. The van der Waals surface area contributed by atoms with Crippen molar-refractivity contribution in [2.45, 2.75) is 11.4 Å². The molecule has 8 heteroatoms. The lowest BCUT2D eigenvalue weighted by Crippen LogP contribution is -2.38. The summed E-state index contributed by atoms with van der Waals surface area (Å²) in [5.41, 5.74) is 0. The number of rotatable bonds is 6. The van der Waals surface area contributed by atoms with E-state index in [9.17, 15) is 0 Å². The van der Waals surface area contributed by atoms with Crippen LogP contribution < -0.4 is 10.6 Å². The van der Waals surface area contributed by atoms with Gasteiger partial charge in [-0.25, -0.2) is 0 Å². The van der Waals surface area contributed by atoms with Crippen molar-refractivity contribution in [2.24, 2.45) is 12.0 Å². The van der Waals surface area contributed by atoms with Gasteiger partial charge in [0.1, 0.15) is 6.33 Å². The van der Waals surface area contributed by atoms with E-state index < -0.39 is 0 Å². The van der Waals surface area contributed by atoms with E-state index in [-0.39, 0.29) is 0 Å². The van der Waals surface area contributed by atoms with Gasteiger partial charge in [0.05, 0.1) is 6.54 Å². The molecule has 6 nitrogen and oxygen atoms in total. The number of aliphatic imine (C=N–C) groups is 1. The lowest BCUT2D eigenvalue weighted by Gasteiger charge is -2.11. The molecule has 0 atom stereocenters. The predicted molar refractivity (Wildman–Crippen MR) is 91.4 cm³/mol. The topological polar surface area (TPSA) is 67.1 Å². The second-order valence-corrected chi connectivity index (χ2v) is 6.12. The van der Waals surface area contributed by atoms with Crippen molar-refractivity contribution in [3.8, 4) is 0 Å². The van der Waals surface area contributed by atoms with Crippen molar-refractivity contribution >= 4 is 29.3 Å². The van der Waals surface area contributed by atoms with Gasteiger partial charge in [0.2, 0.25) is 0 Å². The minimum absolute atomic E-state index is 0.584. The Kier molecular flexibility index (Phi) is 6.54. The van der Waals surface area contributed by atoms with Crippen molar-refractivity contribution in [3.05, 3.63) is 41.4 Å². The Hall–Kier alpha value is -1.73. The van der Waals surface area contributed by atoms with E-state index in [1.54, 1.807) is 25.1 Å². The number of hydrogen-bond donors (Lipinski definition) is 2. The summed E-state index contributed by atoms with van der Waals surface area (Å²) in [5.74, 6) is 2.55. The summed E-state index contributed by atoms with van der Waals surface area (Å²) in [6, 6.07) is 7.85. The van der Waals surface area contributed by atoms with Crippen molar-refractivity contribution in [1.29, 1.82) is 0 Å². The highest BCUT2D eigenvalue weighted by Gasteiger charge is 2.02. The Bertz CT molecular complexity index is 610. The maximum Gasteiger partial charge on any atom is 0.191 e. The summed E-state index contributed by atoms with van der Waals surface area (Å²) >= 11 is 7.63. The summed E-state index contributed by atoms with van der Waals surface area (Å²) in [4.78, 5) is 5.39. The molecule has 0 aliphatic heterocycles. The first-order valence-electron chi connectivity index (χ1n) is 6.85. The van der Waals surface area contributed by atoms with Crippen LogP contribution in [0.5, 0.6) is 0 Å². The Morgan fingerprint density at radius 2 is 2.09 bits per heavy atom. The molecule has 2 N–H and O–H groups in total. The maximum atomic E-state index is 5.86. The summed E-state index contributed by atoms with van der Waals surface area (Å²) in [6.45, 7) is 1.40. The molecule has 1 aromatic heterocycles. The van der Waals surface area contributed by atoms with E-state index >= 15 is 0 Å². The number of aryl methyl sites for hydroxylation is 1. The van der Waals surface area contributed by atoms with Crippen molar-refractivity contribution in [2.75, 3.05) is 19.3 Å². The quantitative estimate of drug-likeness (QED) is 0.364. The van der Waals surface area contributed by atoms with Gasteiger partial charge >= 0.3 is 0 Å². The van der Waals surface area contributed by atoms with Crippen LogP contribution in [0.15, 0.2) is 40.5 Å². The second-order valence-electron chi connectivity index (χ2n) is 4.51. The molecule has 0 unspecified atom stereocenters. The molecule has 0 amide bonds. The van der Waals surface area contributed by atoms with Crippen molar-refractivity contribution in [1.82, 2.24) is 25.4 Å². The van der Waals surface area contributed by atoms with Crippen molar-refractivity contribution in [3.63, 3.8) is 0 Å². The molecule has 0 radical (unpaired) electrons. The molecule has 0 fully saturated rings. The zero-order chi connectivity index (χ0) is 15.8. The molecule has 118 valence electrons. The molecule has 0 aliphatic rings. The third-order valence-electron chi connectivity index (χ3n) is 2.92. The van der Waals surface area contributed by atoms with Gasteiger partial charge in [0.15, 0.2) is 11.8 Å². The summed E-state index contributed by atoms with van der Waals surface area (Å²) in [6.07, 6.45) is 1.68. The van der Waals surface area contributed by atoms with Crippen LogP contribution in [-0.4, -0.2) is 40.1 Å². The monoisotopic (exact) mass is 338 g/mol. The van der Waals surface area contributed by atoms with Crippen LogP contribution in [0.4, 0.5) is 0 Å². The van der Waals surface area contributed by atoms with Gasteiger partial charge in [0, 0.05) is 36.3 Å². The molecule has 22 heavy (non-hydrogen) atoms. The van der Waals surface area contributed by atoms with Crippen LogP contribution in [0.3, 0.4) is 0 Å². The zero-order valence-corrected chi connectivity index (χ0v) is 14.2. The smallest absolute Gasteiger partial charge is 0.191 e. The fraction of sp³-hybridized carbons (Fsp3) is 0.357. The molecule has 1 heterocycles. The van der Waals surface area contributed by atoms with E-state index in [1.165, 1.54) is 4.90 Å². The Balaban J connectivity index is 1.68. The Labute approximate surface area is 139 Å². The highest BCUT2D eigenvalue weighted by Crippen LogP contribution is 2.19. The molecule has 2 rings (SSSR count). The maximum absolute atomic E-state index is 5.86. The number of benzene rings is 1. The van der Waals surface area contributed by atoms with Gasteiger partial charge in [0.25, 0.3) is 0 Å². The van der Waals surface area contributed by atoms with Crippen LogP contribution in [0, 0.1) is 0 Å². The Morgan fingerprint density at radius 1 is 1.32 bits per heavy atom. The largest absolute Gasteiger partial charge is 0.356 e. The molecule has 0 saturated carbocycles. The standard InChI is InChI=1S/C14H19ClN6S/c1-16-14(18-9-13-20-19-10-21(13)2)17-7-8-22-12-5-3-11(15)4-6-12/h3-6,10H,7-9H2,1-2H3,(H2,16,17,18). The zero-order valence-electron chi connectivity index (χ0n) is 12.6. The molecule has 1 aromatic carbocycles. The van der Waals surface area contributed by atoms with Crippen LogP contribution in [-0.2, 0) is 13.6 Å². The van der Waals surface area contributed by atoms with Crippen LogP contribution in [0.1, 0.15) is 5.82 Å². The Morgan fingerprint density at radius 3 is 2.73 bits per heavy atom. The number of hydrogen-bond acceptors (Lipinski definition) is 4. The molecular formula is C14H19ClN6S. The van der Waals surface area contributed by atoms with E-state index in [1.807, 2.05) is 35.9 Å². The molecule has 0 spiro atoms. The third-order valence-corrected chi connectivity index (χ3v) is 4.19. The summed E-state index contributed by atoms with van der Waals surface area (Å²) in [7, 11) is 3.66. The van der Waals surface area contributed by atoms with Crippen LogP contribution in [0.25, 0.3) is 0 Å². The fourth-order valence-corrected chi connectivity index (χ4v) is 2.61. The number of thioether (sulfide) groups is 1. The SMILES string of the molecule is CN=C(NCCSc1ccc(Cl)cc1)NCc1nncn1C. The highest BCUT2D eigenvalue weighted by molar-refractivity contribution is 7.99. The van der Waals surface area contributed by atoms with E-state index in [0.29, 0.717) is 6.54 Å². The number of guanidine groups is 1. The van der Waals surface area contributed by atoms with Gasteiger partial charge in [-0.2, -0.15) is 0 Å². The van der Waals surface area contributed by atoms with E-state index in [4.69, 9.17) is 11.6 Å².